The quantitative estimate of drug-likeness (QED) is 0.570. The van der Waals surface area contributed by atoms with E-state index in [1.54, 1.807) is 28.0 Å². The second-order valence-corrected chi connectivity index (χ2v) is 9.27. The van der Waals surface area contributed by atoms with Crippen molar-refractivity contribution in [3.8, 4) is 0 Å². The summed E-state index contributed by atoms with van der Waals surface area (Å²) < 4.78 is 5.58. The highest BCUT2D eigenvalue weighted by Crippen LogP contribution is 2.30. The number of carbonyl (C=O) groups is 3. The average Bonchev–Trinajstić information content (AvgIpc) is 2.86. The lowest BCUT2D eigenvalue weighted by Gasteiger charge is -2.37. The van der Waals surface area contributed by atoms with Crippen molar-refractivity contribution >= 4 is 17.8 Å². The largest absolute Gasteiger partial charge is 0.458 e. The second-order valence-electron chi connectivity index (χ2n) is 9.27. The normalized spacial score (nSPS) is 16.3. The van der Waals surface area contributed by atoms with E-state index in [9.17, 15) is 14.4 Å². The van der Waals surface area contributed by atoms with E-state index >= 15 is 0 Å². The molecule has 2 rings (SSSR count). The van der Waals surface area contributed by atoms with Gasteiger partial charge in [0, 0.05) is 20.0 Å². The summed E-state index contributed by atoms with van der Waals surface area (Å²) in [6.07, 6.45) is 0. The van der Waals surface area contributed by atoms with E-state index in [4.69, 9.17) is 4.74 Å². The lowest BCUT2D eigenvalue weighted by molar-refractivity contribution is -0.164. The van der Waals surface area contributed by atoms with Crippen molar-refractivity contribution in [3.63, 3.8) is 0 Å². The van der Waals surface area contributed by atoms with Gasteiger partial charge in [-0.25, -0.2) is 14.6 Å². The second kappa shape index (κ2) is 7.89. The summed E-state index contributed by atoms with van der Waals surface area (Å²) in [7, 11) is 0. The van der Waals surface area contributed by atoms with Crippen LogP contribution in [0.1, 0.15) is 64.6 Å². The fraction of sp³-hybridized carbons (Fsp3) is 0.619. The molecular weight excluding hydrogens is 358 g/mol. The molecule has 0 radical (unpaired) electrons. The van der Waals surface area contributed by atoms with Crippen molar-refractivity contribution in [1.82, 2.24) is 14.8 Å². The van der Waals surface area contributed by atoms with Crippen molar-refractivity contribution in [2.24, 2.45) is 5.41 Å². The van der Waals surface area contributed by atoms with Crippen LogP contribution in [0.4, 0.5) is 4.79 Å². The van der Waals surface area contributed by atoms with Crippen LogP contribution in [0.5, 0.6) is 0 Å². The molecule has 1 fully saturated rings. The molecule has 28 heavy (non-hydrogen) atoms. The van der Waals surface area contributed by atoms with Crippen molar-refractivity contribution in [3.05, 3.63) is 29.6 Å². The van der Waals surface area contributed by atoms with Gasteiger partial charge in [-0.05, 0) is 38.3 Å². The van der Waals surface area contributed by atoms with Crippen LogP contribution in [-0.2, 0) is 16.1 Å². The van der Waals surface area contributed by atoms with Crippen LogP contribution in [0.2, 0.25) is 0 Å². The molecule has 1 aromatic rings. The lowest BCUT2D eigenvalue weighted by Crippen LogP contribution is -2.52. The first kappa shape index (κ1) is 21.9. The summed E-state index contributed by atoms with van der Waals surface area (Å²) in [6.45, 7) is 13.9. The van der Waals surface area contributed by atoms with Crippen LogP contribution < -0.4 is 0 Å². The molecule has 0 aromatic carbocycles. The minimum absolute atomic E-state index is 0.117. The fourth-order valence-electron chi connectivity index (χ4n) is 3.25. The Hall–Kier alpha value is -2.44. The zero-order valence-corrected chi connectivity index (χ0v) is 17.9. The number of rotatable bonds is 5. The molecule has 7 heteroatoms. The molecule has 154 valence electrons. The topological polar surface area (TPSA) is 79.8 Å². The van der Waals surface area contributed by atoms with Crippen LogP contribution >= 0.6 is 0 Å². The number of carbonyl (C=O) groups excluding carboxylic acids is 3. The first-order valence-electron chi connectivity index (χ1n) is 9.55. The van der Waals surface area contributed by atoms with E-state index in [-0.39, 0.29) is 11.8 Å². The van der Waals surface area contributed by atoms with Crippen LogP contribution in [0.25, 0.3) is 0 Å². The smallest absolute Gasteiger partial charge is 0.329 e. The van der Waals surface area contributed by atoms with Gasteiger partial charge in [0.1, 0.15) is 17.3 Å². The number of esters is 1. The molecule has 0 spiro atoms. The number of pyridine rings is 1. The number of hydrogen-bond acceptors (Lipinski definition) is 5. The maximum Gasteiger partial charge on any atom is 0.329 e. The number of Topliss-reactive ketones (excluding diaryl/α,β-unsaturated/α-hetero) is 1. The van der Waals surface area contributed by atoms with Gasteiger partial charge in [0.05, 0.1) is 12.2 Å². The van der Waals surface area contributed by atoms with Gasteiger partial charge in [-0.1, -0.05) is 26.8 Å². The van der Waals surface area contributed by atoms with Gasteiger partial charge < -0.3 is 14.5 Å². The van der Waals surface area contributed by atoms with Gasteiger partial charge in [-0.3, -0.25) is 4.79 Å². The molecule has 1 atom stereocenters. The number of aromatic nitrogens is 1. The van der Waals surface area contributed by atoms with E-state index in [0.29, 0.717) is 31.0 Å². The molecule has 7 nitrogen and oxygen atoms in total. The molecule has 0 aliphatic carbocycles. The first-order chi connectivity index (χ1) is 12.8. The Morgan fingerprint density at radius 3 is 2.32 bits per heavy atom. The highest BCUT2D eigenvalue weighted by atomic mass is 16.6. The third kappa shape index (κ3) is 5.30. The maximum atomic E-state index is 13.0. The molecule has 1 aliphatic rings. The third-order valence-electron chi connectivity index (χ3n) is 4.41. The summed E-state index contributed by atoms with van der Waals surface area (Å²) >= 11 is 0. The molecule has 0 unspecified atom stereocenters. The average molecular weight is 389 g/mol. The van der Waals surface area contributed by atoms with Crippen LogP contribution in [-0.4, -0.2) is 57.3 Å². The molecule has 1 aromatic heterocycles. The lowest BCUT2D eigenvalue weighted by atomic mass is 9.85. The molecule has 1 aliphatic heterocycles. The minimum atomic E-state index is -0.680. The van der Waals surface area contributed by atoms with E-state index in [2.05, 4.69) is 4.98 Å². The highest BCUT2D eigenvalue weighted by Gasteiger charge is 2.45. The number of urea groups is 1. The molecule has 2 heterocycles. The summed E-state index contributed by atoms with van der Waals surface area (Å²) in [5.74, 6) is -0.513. The zero-order valence-electron chi connectivity index (χ0n) is 17.9. The molecule has 0 bridgehead atoms. The molecule has 2 amide bonds. The Bertz CT molecular complexity index is 762. The molecule has 1 saturated heterocycles. The standard InChI is InChI=1S/C21H31N3O4/c1-14(25)16-10-8-9-15(22-16)13-23-11-12-24(19(23)27)17(20(2,3)4)18(26)28-21(5,6)7/h8-10,17H,11-13H2,1-7H3/t17-/m1/s1. The molecule has 0 N–H and O–H groups in total. The van der Waals surface area contributed by atoms with Crippen molar-refractivity contribution < 1.29 is 19.1 Å². The van der Waals surface area contributed by atoms with Gasteiger partial charge in [-0.15, -0.1) is 0 Å². The molecular formula is C21H31N3O4. The van der Waals surface area contributed by atoms with Crippen LogP contribution in [0.15, 0.2) is 18.2 Å². The maximum absolute atomic E-state index is 13.0. The first-order valence-corrected chi connectivity index (χ1v) is 9.55. The Morgan fingerprint density at radius 1 is 1.14 bits per heavy atom. The van der Waals surface area contributed by atoms with Crippen LogP contribution in [0.3, 0.4) is 0 Å². The number of ether oxygens (including phenoxy) is 1. The minimum Gasteiger partial charge on any atom is -0.458 e. The SMILES string of the molecule is CC(=O)c1cccc(CN2CCN([C@H](C(=O)OC(C)(C)C)C(C)(C)C)C2=O)n1. The fourth-order valence-corrected chi connectivity index (χ4v) is 3.25. The van der Waals surface area contributed by atoms with Crippen molar-refractivity contribution in [2.75, 3.05) is 13.1 Å². The summed E-state index contributed by atoms with van der Waals surface area (Å²) in [6, 6.07) is 4.30. The van der Waals surface area contributed by atoms with Gasteiger partial charge in [0.25, 0.3) is 0 Å². The van der Waals surface area contributed by atoms with Gasteiger partial charge >= 0.3 is 12.0 Å². The van der Waals surface area contributed by atoms with Crippen LogP contribution in [0, 0.1) is 5.41 Å². The number of amides is 2. The monoisotopic (exact) mass is 389 g/mol. The van der Waals surface area contributed by atoms with E-state index in [1.807, 2.05) is 41.5 Å². The van der Waals surface area contributed by atoms with E-state index in [1.165, 1.54) is 6.92 Å². The Labute approximate surface area is 167 Å². The van der Waals surface area contributed by atoms with Gasteiger partial charge in [0.15, 0.2) is 5.78 Å². The number of ketones is 1. The van der Waals surface area contributed by atoms with E-state index < -0.39 is 23.0 Å². The Kier molecular flexibility index (Phi) is 6.16. The highest BCUT2D eigenvalue weighted by molar-refractivity contribution is 5.92. The number of nitrogens with zero attached hydrogens (tertiary/aromatic N) is 3. The summed E-state index contributed by atoms with van der Waals surface area (Å²) in [4.78, 5) is 45.0. The third-order valence-corrected chi connectivity index (χ3v) is 4.41. The molecule has 0 saturated carbocycles. The van der Waals surface area contributed by atoms with Crippen molar-refractivity contribution in [2.45, 2.75) is 66.7 Å². The Balaban J connectivity index is 2.19. The summed E-state index contributed by atoms with van der Waals surface area (Å²) in [5, 5.41) is 0. The van der Waals surface area contributed by atoms with Crippen molar-refractivity contribution in [1.29, 1.82) is 0 Å². The van der Waals surface area contributed by atoms with Gasteiger partial charge in [0.2, 0.25) is 0 Å². The van der Waals surface area contributed by atoms with E-state index in [0.717, 1.165) is 0 Å². The zero-order chi connectivity index (χ0) is 21.3. The Morgan fingerprint density at radius 2 is 1.79 bits per heavy atom. The van der Waals surface area contributed by atoms with Gasteiger partial charge in [-0.2, -0.15) is 0 Å². The predicted octanol–water partition coefficient (Wildman–Crippen LogP) is 3.28. The predicted molar refractivity (Wildman–Crippen MR) is 106 cm³/mol. The summed E-state index contributed by atoms with van der Waals surface area (Å²) in [5.41, 5.74) is -0.0734. The number of hydrogen-bond donors (Lipinski definition) is 0.